The quantitative estimate of drug-likeness (QED) is 0.523. The van der Waals surface area contributed by atoms with Crippen LogP contribution in [0.1, 0.15) is 26.7 Å². The van der Waals surface area contributed by atoms with Crippen molar-refractivity contribution in [3.05, 3.63) is 22.4 Å². The Morgan fingerprint density at radius 2 is 2.09 bits per heavy atom. The van der Waals surface area contributed by atoms with Gasteiger partial charge in [0.05, 0.1) is 23.4 Å². The van der Waals surface area contributed by atoms with E-state index in [2.05, 4.69) is 30.4 Å². The van der Waals surface area contributed by atoms with Crippen molar-refractivity contribution in [1.29, 1.82) is 0 Å². The number of piperidine rings is 1. The summed E-state index contributed by atoms with van der Waals surface area (Å²) >= 11 is 13.2. The van der Waals surface area contributed by atoms with Crippen LogP contribution in [0.2, 0.25) is 10.2 Å². The van der Waals surface area contributed by atoms with Gasteiger partial charge < -0.3 is 20.7 Å². The van der Waals surface area contributed by atoms with Gasteiger partial charge in [0, 0.05) is 42.9 Å². The zero-order chi connectivity index (χ0) is 22.5. The number of H-pyrrole nitrogens is 1. The number of nitrogens with one attached hydrogen (secondary N) is 2. The summed E-state index contributed by atoms with van der Waals surface area (Å²) in [4.78, 5) is 15.8. The number of halogens is 2. The lowest BCUT2D eigenvalue weighted by Gasteiger charge is -2.41. The number of aromatic amines is 1. The highest BCUT2D eigenvalue weighted by Crippen LogP contribution is 2.43. The Balaban J connectivity index is 1.44. The van der Waals surface area contributed by atoms with Crippen molar-refractivity contribution in [2.75, 3.05) is 36.5 Å². The summed E-state index contributed by atoms with van der Waals surface area (Å²) < 4.78 is 5.83. The predicted octanol–water partition coefficient (Wildman–Crippen LogP) is 3.49. The lowest BCUT2D eigenvalue weighted by Crippen LogP contribution is -2.50. The minimum absolute atomic E-state index is 0.0295. The summed E-state index contributed by atoms with van der Waals surface area (Å²) in [6.45, 7) is 7.05. The van der Waals surface area contributed by atoms with Gasteiger partial charge in [-0.15, -0.1) is 0 Å². The van der Waals surface area contributed by atoms with Crippen molar-refractivity contribution >= 4 is 46.0 Å². The molecule has 170 valence electrons. The molecule has 2 fully saturated rings. The summed E-state index contributed by atoms with van der Waals surface area (Å²) in [7, 11) is 0. The van der Waals surface area contributed by atoms with Crippen LogP contribution in [0.5, 0.6) is 0 Å². The smallest absolute Gasteiger partial charge is 0.202 e. The highest BCUT2D eigenvalue weighted by Gasteiger charge is 2.47. The van der Waals surface area contributed by atoms with E-state index in [-0.39, 0.29) is 17.6 Å². The van der Waals surface area contributed by atoms with Gasteiger partial charge in [0.1, 0.15) is 11.3 Å². The first-order chi connectivity index (χ1) is 15.4. The van der Waals surface area contributed by atoms with Crippen LogP contribution in [-0.2, 0) is 4.74 Å². The second-order valence-electron chi connectivity index (χ2n) is 8.55. The molecule has 0 aliphatic carbocycles. The van der Waals surface area contributed by atoms with E-state index in [4.69, 9.17) is 38.7 Å². The van der Waals surface area contributed by atoms with Crippen molar-refractivity contribution in [2.45, 2.75) is 38.8 Å². The third-order valence-electron chi connectivity index (χ3n) is 6.74. The van der Waals surface area contributed by atoms with E-state index >= 15 is 0 Å². The summed E-state index contributed by atoms with van der Waals surface area (Å²) in [6.07, 6.45) is 3.65. The average molecular weight is 477 g/mol. The fourth-order valence-corrected chi connectivity index (χ4v) is 5.28. The van der Waals surface area contributed by atoms with Gasteiger partial charge in [0.25, 0.3) is 0 Å². The molecule has 11 heteroatoms. The molecule has 3 aromatic rings. The number of pyridine rings is 1. The number of nitrogens with two attached hydrogens (primary N) is 1. The van der Waals surface area contributed by atoms with Crippen LogP contribution < -0.4 is 16.0 Å². The molecule has 0 radical (unpaired) electrons. The molecule has 0 saturated carbocycles. The lowest BCUT2D eigenvalue weighted by molar-refractivity contribution is 0.0974. The normalized spacial score (nSPS) is 22.7. The Morgan fingerprint density at radius 3 is 2.78 bits per heavy atom. The molecular formula is C21H26Cl2N8O. The summed E-state index contributed by atoms with van der Waals surface area (Å²) in [6, 6.07) is 1.87. The maximum Gasteiger partial charge on any atom is 0.202 e. The molecule has 0 bridgehead atoms. The Labute approximate surface area is 196 Å². The molecule has 2 saturated heterocycles. The van der Waals surface area contributed by atoms with E-state index in [1.807, 2.05) is 19.9 Å². The zero-order valence-corrected chi connectivity index (χ0v) is 19.5. The SMILES string of the molecule is CCNc1nccc(-c2[nH]nc3nc(N4CCC5(CC4)CO[C@@H](C)[C@H]5N)c(Cl)nc23)c1Cl. The summed E-state index contributed by atoms with van der Waals surface area (Å²) in [5.41, 5.74) is 8.94. The molecule has 1 spiro atoms. The van der Waals surface area contributed by atoms with Gasteiger partial charge in [-0.3, -0.25) is 5.10 Å². The average Bonchev–Trinajstić information content (AvgIpc) is 3.32. The first-order valence-corrected chi connectivity index (χ1v) is 11.6. The monoisotopic (exact) mass is 476 g/mol. The number of rotatable bonds is 4. The second kappa shape index (κ2) is 8.30. The highest BCUT2D eigenvalue weighted by atomic mass is 35.5. The van der Waals surface area contributed by atoms with Gasteiger partial charge in [-0.1, -0.05) is 23.2 Å². The Morgan fingerprint density at radius 1 is 1.31 bits per heavy atom. The molecule has 32 heavy (non-hydrogen) atoms. The number of hydrogen-bond acceptors (Lipinski definition) is 8. The van der Waals surface area contributed by atoms with Crippen LogP contribution >= 0.6 is 23.2 Å². The fraction of sp³-hybridized carbons (Fsp3) is 0.524. The van der Waals surface area contributed by atoms with Crippen LogP contribution in [0, 0.1) is 5.41 Å². The second-order valence-corrected chi connectivity index (χ2v) is 9.29. The topological polar surface area (TPSA) is 118 Å². The van der Waals surface area contributed by atoms with Crippen molar-refractivity contribution in [3.63, 3.8) is 0 Å². The zero-order valence-electron chi connectivity index (χ0n) is 18.0. The molecular weight excluding hydrogens is 451 g/mol. The maximum absolute atomic E-state index is 6.61. The van der Waals surface area contributed by atoms with Crippen molar-refractivity contribution in [1.82, 2.24) is 25.1 Å². The lowest BCUT2D eigenvalue weighted by atomic mass is 9.73. The first-order valence-electron chi connectivity index (χ1n) is 10.9. The highest BCUT2D eigenvalue weighted by molar-refractivity contribution is 6.36. The minimum atomic E-state index is 0.0295. The molecule has 2 aliphatic rings. The maximum atomic E-state index is 6.61. The molecule has 2 atom stereocenters. The standard InChI is InChI=1S/C21H26Cl2N8O/c1-3-25-18-13(22)12(4-7-26-18)14-15-19(30-29-14)28-20(17(23)27-15)31-8-5-21(6-9-31)10-32-11(2)16(21)24/h4,7,11,16H,3,5-6,8-10,24H2,1-2H3,(H,25,26)(H,28,29,30)/t11-,16+/m0/s1. The number of hydrogen-bond donors (Lipinski definition) is 3. The Hall–Kier alpha value is -2.20. The first kappa shape index (κ1) is 21.6. The van der Waals surface area contributed by atoms with Gasteiger partial charge in [-0.2, -0.15) is 5.10 Å². The van der Waals surface area contributed by atoms with Gasteiger partial charge in [0.2, 0.25) is 5.65 Å². The molecule has 4 N–H and O–H groups in total. The Bertz CT molecular complexity index is 1140. The summed E-state index contributed by atoms with van der Waals surface area (Å²) in [5, 5.41) is 11.4. The molecule has 5 rings (SSSR count). The molecule has 0 amide bonds. The number of fused-ring (bicyclic) bond motifs is 1. The number of anilines is 2. The van der Waals surface area contributed by atoms with E-state index in [0.29, 0.717) is 51.8 Å². The molecule has 2 aliphatic heterocycles. The molecule has 0 unspecified atom stereocenters. The van der Waals surface area contributed by atoms with Crippen LogP contribution in [0.25, 0.3) is 22.4 Å². The number of aromatic nitrogens is 5. The van der Waals surface area contributed by atoms with Crippen LogP contribution in [0.3, 0.4) is 0 Å². The van der Waals surface area contributed by atoms with E-state index in [9.17, 15) is 0 Å². The van der Waals surface area contributed by atoms with Crippen LogP contribution in [0.4, 0.5) is 11.6 Å². The third-order valence-corrected chi connectivity index (χ3v) is 7.37. The molecule has 3 aromatic heterocycles. The Kier molecular flexibility index (Phi) is 5.61. The summed E-state index contributed by atoms with van der Waals surface area (Å²) in [5.74, 6) is 1.25. The minimum Gasteiger partial charge on any atom is -0.376 e. The van der Waals surface area contributed by atoms with Gasteiger partial charge >= 0.3 is 0 Å². The van der Waals surface area contributed by atoms with Gasteiger partial charge in [-0.05, 0) is 32.8 Å². The van der Waals surface area contributed by atoms with E-state index in [1.54, 1.807) is 6.20 Å². The van der Waals surface area contributed by atoms with Crippen LogP contribution in [0.15, 0.2) is 12.3 Å². The van der Waals surface area contributed by atoms with E-state index in [1.165, 1.54) is 0 Å². The number of nitrogens with zero attached hydrogens (tertiary/aromatic N) is 5. The predicted molar refractivity (Wildman–Crippen MR) is 126 cm³/mol. The van der Waals surface area contributed by atoms with Gasteiger partial charge in [0.15, 0.2) is 11.0 Å². The molecule has 0 aromatic carbocycles. The van der Waals surface area contributed by atoms with Gasteiger partial charge in [-0.25, -0.2) is 15.0 Å². The van der Waals surface area contributed by atoms with Crippen molar-refractivity contribution < 1.29 is 4.74 Å². The van der Waals surface area contributed by atoms with Crippen molar-refractivity contribution in [2.24, 2.45) is 11.1 Å². The molecule has 9 nitrogen and oxygen atoms in total. The largest absolute Gasteiger partial charge is 0.376 e. The van der Waals surface area contributed by atoms with Crippen LogP contribution in [-0.4, -0.2) is 63.5 Å². The van der Waals surface area contributed by atoms with E-state index < -0.39 is 0 Å². The third kappa shape index (κ3) is 3.48. The molecule has 5 heterocycles. The van der Waals surface area contributed by atoms with Crippen molar-refractivity contribution in [3.8, 4) is 11.3 Å². The number of ether oxygens (including phenoxy) is 1. The van der Waals surface area contributed by atoms with E-state index in [0.717, 1.165) is 31.5 Å². The fourth-order valence-electron chi connectivity index (χ4n) is 4.76.